The molecule has 3 heteroatoms. The van der Waals surface area contributed by atoms with Crippen LogP contribution in [0.3, 0.4) is 0 Å². The SMILES string of the molecule is C#CCCCCC(=O)N1CCCCC1CNC. The highest BCUT2D eigenvalue weighted by molar-refractivity contribution is 5.76. The van der Waals surface area contributed by atoms with Crippen molar-refractivity contribution in [1.29, 1.82) is 0 Å². The summed E-state index contributed by atoms with van der Waals surface area (Å²) in [4.78, 5) is 14.2. The predicted octanol–water partition coefficient (Wildman–Crippen LogP) is 1.78. The van der Waals surface area contributed by atoms with Crippen molar-refractivity contribution in [2.24, 2.45) is 0 Å². The lowest BCUT2D eigenvalue weighted by molar-refractivity contribution is -0.134. The molecular formula is C14H24N2O. The van der Waals surface area contributed by atoms with Gasteiger partial charge in [-0.15, -0.1) is 12.3 Å². The van der Waals surface area contributed by atoms with Crippen molar-refractivity contribution in [2.45, 2.75) is 51.0 Å². The maximum atomic E-state index is 12.1. The Balaban J connectivity index is 2.34. The molecule has 1 fully saturated rings. The molecule has 1 aliphatic heterocycles. The molecule has 0 radical (unpaired) electrons. The molecule has 96 valence electrons. The number of piperidine rings is 1. The van der Waals surface area contributed by atoms with Gasteiger partial charge in [-0.3, -0.25) is 4.79 Å². The van der Waals surface area contributed by atoms with Crippen molar-refractivity contribution in [3.8, 4) is 12.3 Å². The lowest BCUT2D eigenvalue weighted by Gasteiger charge is -2.35. The minimum absolute atomic E-state index is 0.307. The zero-order valence-corrected chi connectivity index (χ0v) is 10.9. The molecule has 0 aromatic carbocycles. The summed E-state index contributed by atoms with van der Waals surface area (Å²) in [6, 6.07) is 0.397. The highest BCUT2D eigenvalue weighted by Gasteiger charge is 2.25. The van der Waals surface area contributed by atoms with E-state index >= 15 is 0 Å². The standard InChI is InChI=1S/C14H24N2O/c1-3-4-5-6-10-14(17)16-11-8-7-9-13(16)12-15-2/h1,13,15H,4-12H2,2H3. The monoisotopic (exact) mass is 236 g/mol. The highest BCUT2D eigenvalue weighted by atomic mass is 16.2. The van der Waals surface area contributed by atoms with Crippen LogP contribution in [0.5, 0.6) is 0 Å². The molecule has 0 saturated carbocycles. The van der Waals surface area contributed by atoms with Gasteiger partial charge in [0, 0.05) is 32.0 Å². The number of nitrogens with one attached hydrogen (secondary N) is 1. The number of rotatable bonds is 6. The first-order valence-electron chi connectivity index (χ1n) is 6.67. The number of nitrogens with zero attached hydrogens (tertiary/aromatic N) is 1. The summed E-state index contributed by atoms with van der Waals surface area (Å²) in [6.45, 7) is 1.84. The normalized spacial score (nSPS) is 20.0. The van der Waals surface area contributed by atoms with Gasteiger partial charge in [-0.05, 0) is 39.2 Å². The average Bonchev–Trinajstić information content (AvgIpc) is 2.35. The predicted molar refractivity (Wildman–Crippen MR) is 70.6 cm³/mol. The van der Waals surface area contributed by atoms with Gasteiger partial charge in [0.05, 0.1) is 0 Å². The number of hydrogen-bond donors (Lipinski definition) is 1. The third-order valence-electron chi connectivity index (χ3n) is 3.35. The molecule has 1 rings (SSSR count). The van der Waals surface area contributed by atoms with Crippen molar-refractivity contribution < 1.29 is 4.79 Å². The average molecular weight is 236 g/mol. The van der Waals surface area contributed by atoms with Crippen LogP contribution in [0.1, 0.15) is 44.9 Å². The number of likely N-dealkylation sites (tertiary alicyclic amines) is 1. The second-order valence-electron chi connectivity index (χ2n) is 4.71. The quantitative estimate of drug-likeness (QED) is 0.563. The Hall–Kier alpha value is -1.01. The Morgan fingerprint density at radius 1 is 1.47 bits per heavy atom. The van der Waals surface area contributed by atoms with Crippen LogP contribution in [0, 0.1) is 12.3 Å². The Kier molecular flexibility index (Phi) is 6.73. The molecule has 0 bridgehead atoms. The number of hydrogen-bond acceptors (Lipinski definition) is 2. The van der Waals surface area contributed by atoms with E-state index < -0.39 is 0 Å². The summed E-state index contributed by atoms with van der Waals surface area (Å²) < 4.78 is 0. The summed E-state index contributed by atoms with van der Waals surface area (Å²) in [5.74, 6) is 2.92. The van der Waals surface area contributed by atoms with Crippen LogP contribution in [-0.4, -0.2) is 37.0 Å². The molecule has 1 saturated heterocycles. The molecule has 1 atom stereocenters. The van der Waals surface area contributed by atoms with E-state index in [1.54, 1.807) is 0 Å². The topological polar surface area (TPSA) is 32.3 Å². The van der Waals surface area contributed by atoms with E-state index in [-0.39, 0.29) is 0 Å². The molecule has 0 aromatic heterocycles. The Labute approximate surface area is 105 Å². The van der Waals surface area contributed by atoms with E-state index in [2.05, 4.69) is 16.1 Å². The van der Waals surface area contributed by atoms with Gasteiger partial charge in [-0.1, -0.05) is 0 Å². The number of unbranched alkanes of at least 4 members (excludes halogenated alkanes) is 2. The van der Waals surface area contributed by atoms with Gasteiger partial charge in [-0.2, -0.15) is 0 Å². The zero-order chi connectivity index (χ0) is 12.5. The molecule has 1 aliphatic rings. The zero-order valence-electron chi connectivity index (χ0n) is 10.9. The molecule has 1 N–H and O–H groups in total. The van der Waals surface area contributed by atoms with Crippen LogP contribution < -0.4 is 5.32 Å². The number of likely N-dealkylation sites (N-methyl/N-ethyl adjacent to an activating group) is 1. The van der Waals surface area contributed by atoms with Crippen molar-refractivity contribution in [3.63, 3.8) is 0 Å². The number of terminal acetylenes is 1. The molecular weight excluding hydrogens is 212 g/mol. The Bertz CT molecular complexity index is 268. The Morgan fingerprint density at radius 2 is 2.29 bits per heavy atom. The van der Waals surface area contributed by atoms with Crippen LogP contribution >= 0.6 is 0 Å². The van der Waals surface area contributed by atoms with Gasteiger partial charge in [0.15, 0.2) is 0 Å². The smallest absolute Gasteiger partial charge is 0.222 e. The lowest BCUT2D eigenvalue weighted by Crippen LogP contribution is -2.47. The summed E-state index contributed by atoms with van der Waals surface area (Å²) in [7, 11) is 1.95. The highest BCUT2D eigenvalue weighted by Crippen LogP contribution is 2.18. The summed E-state index contributed by atoms with van der Waals surface area (Å²) in [6.07, 6.45) is 12.1. The second-order valence-corrected chi connectivity index (χ2v) is 4.71. The molecule has 1 unspecified atom stereocenters. The third-order valence-corrected chi connectivity index (χ3v) is 3.35. The van der Waals surface area contributed by atoms with E-state index in [1.807, 2.05) is 7.05 Å². The molecule has 0 aliphatic carbocycles. The van der Waals surface area contributed by atoms with Gasteiger partial charge in [0.25, 0.3) is 0 Å². The van der Waals surface area contributed by atoms with Crippen molar-refractivity contribution in [2.75, 3.05) is 20.1 Å². The number of carbonyl (C=O) groups is 1. The fraction of sp³-hybridized carbons (Fsp3) is 0.786. The van der Waals surface area contributed by atoms with Crippen molar-refractivity contribution >= 4 is 5.91 Å². The fourth-order valence-electron chi connectivity index (χ4n) is 2.42. The molecule has 1 amide bonds. The van der Waals surface area contributed by atoms with E-state index in [1.165, 1.54) is 6.42 Å². The first kappa shape index (κ1) is 14.1. The number of carbonyl (C=O) groups excluding carboxylic acids is 1. The van der Waals surface area contributed by atoms with E-state index in [9.17, 15) is 4.79 Å². The van der Waals surface area contributed by atoms with Crippen molar-refractivity contribution in [3.05, 3.63) is 0 Å². The van der Waals surface area contributed by atoms with Crippen LogP contribution in [0.2, 0.25) is 0 Å². The first-order valence-corrected chi connectivity index (χ1v) is 6.67. The maximum Gasteiger partial charge on any atom is 0.222 e. The lowest BCUT2D eigenvalue weighted by atomic mass is 10.0. The largest absolute Gasteiger partial charge is 0.338 e. The van der Waals surface area contributed by atoms with Crippen molar-refractivity contribution in [1.82, 2.24) is 10.2 Å². The van der Waals surface area contributed by atoms with Gasteiger partial charge in [0.2, 0.25) is 5.91 Å². The van der Waals surface area contributed by atoms with Crippen LogP contribution in [0.4, 0.5) is 0 Å². The van der Waals surface area contributed by atoms with Gasteiger partial charge >= 0.3 is 0 Å². The summed E-state index contributed by atoms with van der Waals surface area (Å²) >= 11 is 0. The minimum Gasteiger partial charge on any atom is -0.338 e. The molecule has 1 heterocycles. The van der Waals surface area contributed by atoms with Gasteiger partial charge in [-0.25, -0.2) is 0 Å². The van der Waals surface area contributed by atoms with Crippen LogP contribution in [-0.2, 0) is 4.79 Å². The van der Waals surface area contributed by atoms with E-state index in [0.29, 0.717) is 18.4 Å². The van der Waals surface area contributed by atoms with Gasteiger partial charge in [0.1, 0.15) is 0 Å². The molecule has 0 spiro atoms. The first-order chi connectivity index (χ1) is 8.29. The maximum absolute atomic E-state index is 12.1. The van der Waals surface area contributed by atoms with Crippen LogP contribution in [0.15, 0.2) is 0 Å². The molecule has 3 nitrogen and oxygen atoms in total. The summed E-state index contributed by atoms with van der Waals surface area (Å²) in [5, 5.41) is 3.18. The van der Waals surface area contributed by atoms with Crippen LogP contribution in [0.25, 0.3) is 0 Å². The molecule has 17 heavy (non-hydrogen) atoms. The van der Waals surface area contributed by atoms with E-state index in [0.717, 1.165) is 45.2 Å². The third kappa shape index (κ3) is 4.79. The minimum atomic E-state index is 0.307. The van der Waals surface area contributed by atoms with E-state index in [4.69, 9.17) is 6.42 Å². The van der Waals surface area contributed by atoms with Gasteiger partial charge < -0.3 is 10.2 Å². The molecule has 0 aromatic rings. The summed E-state index contributed by atoms with van der Waals surface area (Å²) in [5.41, 5.74) is 0. The fourth-order valence-corrected chi connectivity index (χ4v) is 2.42. The Morgan fingerprint density at radius 3 is 3.00 bits per heavy atom. The second kappa shape index (κ2) is 8.14. The number of amides is 1.